The molecule has 0 amide bonds. The Morgan fingerprint density at radius 2 is 2.42 bits per heavy atom. The van der Waals surface area contributed by atoms with E-state index in [1.807, 2.05) is 18.4 Å². The monoisotopic (exact) mass is 183 g/mol. The number of rotatable bonds is 2. The standard InChI is InChI=1S/C8H9NO2S/c1-5-2-6(4-12-5)3-7(9)8(10)11/h2-4H,9H2,1H3,(H,10,11)/b7-3+. The molecular formula is C8H9NO2S. The maximum Gasteiger partial charge on any atom is 0.351 e. The predicted octanol–water partition coefficient (Wildman–Crippen LogP) is 1.44. The number of nitrogens with two attached hydrogens (primary N) is 1. The molecule has 12 heavy (non-hydrogen) atoms. The predicted molar refractivity (Wildman–Crippen MR) is 48.9 cm³/mol. The molecule has 3 N–H and O–H groups in total. The molecule has 0 aliphatic heterocycles. The lowest BCUT2D eigenvalue weighted by molar-refractivity contribution is -0.132. The Hall–Kier alpha value is -1.29. The van der Waals surface area contributed by atoms with E-state index in [1.54, 1.807) is 11.3 Å². The van der Waals surface area contributed by atoms with Crippen LogP contribution in [-0.4, -0.2) is 11.1 Å². The molecule has 1 heterocycles. The highest BCUT2D eigenvalue weighted by atomic mass is 32.1. The van der Waals surface area contributed by atoms with Crippen LogP contribution in [-0.2, 0) is 4.79 Å². The highest BCUT2D eigenvalue weighted by molar-refractivity contribution is 7.10. The molecule has 0 aromatic carbocycles. The Morgan fingerprint density at radius 1 is 1.75 bits per heavy atom. The number of thiophene rings is 1. The van der Waals surface area contributed by atoms with Gasteiger partial charge in [-0.3, -0.25) is 0 Å². The number of hydrogen-bond donors (Lipinski definition) is 2. The molecule has 0 saturated heterocycles. The van der Waals surface area contributed by atoms with E-state index in [0.29, 0.717) is 0 Å². The van der Waals surface area contributed by atoms with E-state index < -0.39 is 5.97 Å². The summed E-state index contributed by atoms with van der Waals surface area (Å²) in [4.78, 5) is 11.5. The van der Waals surface area contributed by atoms with Gasteiger partial charge in [-0.2, -0.15) is 0 Å². The van der Waals surface area contributed by atoms with Crippen LogP contribution in [0.4, 0.5) is 0 Å². The Bertz CT molecular complexity index is 328. The number of carbonyl (C=O) groups is 1. The molecule has 1 aromatic rings. The smallest absolute Gasteiger partial charge is 0.351 e. The van der Waals surface area contributed by atoms with Crippen LogP contribution in [0.3, 0.4) is 0 Å². The third kappa shape index (κ3) is 2.10. The van der Waals surface area contributed by atoms with E-state index in [1.165, 1.54) is 6.08 Å². The molecule has 0 unspecified atom stereocenters. The minimum absolute atomic E-state index is 0.132. The Morgan fingerprint density at radius 3 is 2.83 bits per heavy atom. The Labute approximate surface area is 74.1 Å². The van der Waals surface area contributed by atoms with Crippen molar-refractivity contribution in [2.24, 2.45) is 5.73 Å². The van der Waals surface area contributed by atoms with Crippen LogP contribution in [0.25, 0.3) is 6.08 Å². The van der Waals surface area contributed by atoms with Crippen molar-refractivity contribution >= 4 is 23.4 Å². The zero-order valence-corrected chi connectivity index (χ0v) is 7.39. The van der Waals surface area contributed by atoms with Crippen molar-refractivity contribution in [2.45, 2.75) is 6.92 Å². The molecule has 0 saturated carbocycles. The summed E-state index contributed by atoms with van der Waals surface area (Å²) >= 11 is 1.57. The first-order valence-corrected chi connectivity index (χ1v) is 4.23. The summed E-state index contributed by atoms with van der Waals surface area (Å²) in [6.07, 6.45) is 1.45. The van der Waals surface area contributed by atoms with E-state index in [2.05, 4.69) is 0 Å². The van der Waals surface area contributed by atoms with E-state index in [9.17, 15) is 4.79 Å². The summed E-state index contributed by atoms with van der Waals surface area (Å²) in [7, 11) is 0. The minimum Gasteiger partial charge on any atom is -0.477 e. The second-order valence-electron chi connectivity index (χ2n) is 2.40. The largest absolute Gasteiger partial charge is 0.477 e. The molecule has 0 radical (unpaired) electrons. The number of aryl methyl sites for hydroxylation is 1. The highest BCUT2D eigenvalue weighted by Gasteiger charge is 2.01. The fourth-order valence-corrected chi connectivity index (χ4v) is 1.44. The molecule has 0 aliphatic rings. The van der Waals surface area contributed by atoms with Crippen LogP contribution < -0.4 is 5.73 Å². The molecule has 1 rings (SSSR count). The van der Waals surface area contributed by atoms with Crippen LogP contribution in [0.2, 0.25) is 0 Å². The third-order valence-corrected chi connectivity index (χ3v) is 2.20. The zero-order chi connectivity index (χ0) is 9.14. The molecule has 0 fully saturated rings. The molecule has 1 aromatic heterocycles. The molecule has 0 bridgehead atoms. The van der Waals surface area contributed by atoms with Crippen LogP contribution in [0.15, 0.2) is 17.1 Å². The zero-order valence-electron chi connectivity index (χ0n) is 6.57. The van der Waals surface area contributed by atoms with Crippen molar-refractivity contribution in [1.29, 1.82) is 0 Å². The van der Waals surface area contributed by atoms with Crippen molar-refractivity contribution in [3.05, 3.63) is 27.6 Å². The quantitative estimate of drug-likeness (QED) is 0.682. The summed E-state index contributed by atoms with van der Waals surface area (Å²) < 4.78 is 0. The van der Waals surface area contributed by atoms with Crippen molar-refractivity contribution in [2.75, 3.05) is 0 Å². The van der Waals surface area contributed by atoms with Gasteiger partial charge in [0.25, 0.3) is 0 Å². The van der Waals surface area contributed by atoms with Crippen LogP contribution >= 0.6 is 11.3 Å². The number of aliphatic carboxylic acids is 1. The Kier molecular flexibility index (Phi) is 2.50. The van der Waals surface area contributed by atoms with E-state index in [0.717, 1.165) is 10.4 Å². The van der Waals surface area contributed by atoms with Crippen LogP contribution in [0, 0.1) is 6.92 Å². The van der Waals surface area contributed by atoms with Crippen molar-refractivity contribution in [3.63, 3.8) is 0 Å². The molecule has 3 nitrogen and oxygen atoms in total. The first-order chi connectivity index (χ1) is 5.59. The van der Waals surface area contributed by atoms with Crippen molar-refractivity contribution < 1.29 is 9.90 Å². The van der Waals surface area contributed by atoms with Crippen molar-refractivity contribution in [3.8, 4) is 0 Å². The van der Waals surface area contributed by atoms with Gasteiger partial charge in [0.05, 0.1) is 0 Å². The van der Waals surface area contributed by atoms with Gasteiger partial charge in [-0.05, 0) is 30.0 Å². The number of hydrogen-bond acceptors (Lipinski definition) is 3. The van der Waals surface area contributed by atoms with E-state index >= 15 is 0 Å². The van der Waals surface area contributed by atoms with Crippen LogP contribution in [0.1, 0.15) is 10.4 Å². The summed E-state index contributed by atoms with van der Waals surface area (Å²) in [5, 5.41) is 10.3. The van der Waals surface area contributed by atoms with Gasteiger partial charge in [-0.1, -0.05) is 0 Å². The maximum atomic E-state index is 10.3. The normalized spacial score (nSPS) is 11.6. The first-order valence-electron chi connectivity index (χ1n) is 3.35. The van der Waals surface area contributed by atoms with Crippen molar-refractivity contribution in [1.82, 2.24) is 0 Å². The molecular weight excluding hydrogens is 174 g/mol. The lowest BCUT2D eigenvalue weighted by Gasteiger charge is -1.90. The summed E-state index contributed by atoms with van der Waals surface area (Å²) in [6, 6.07) is 1.89. The topological polar surface area (TPSA) is 63.3 Å². The SMILES string of the molecule is Cc1cc(/C=C(/N)C(=O)O)cs1. The maximum absolute atomic E-state index is 10.3. The van der Waals surface area contributed by atoms with Crippen LogP contribution in [0.5, 0.6) is 0 Å². The molecule has 64 valence electrons. The van der Waals surface area contributed by atoms with Gasteiger partial charge in [-0.15, -0.1) is 11.3 Å². The second-order valence-corrected chi connectivity index (χ2v) is 3.51. The van der Waals surface area contributed by atoms with Gasteiger partial charge < -0.3 is 10.8 Å². The summed E-state index contributed by atoms with van der Waals surface area (Å²) in [6.45, 7) is 1.96. The second kappa shape index (κ2) is 3.40. The lowest BCUT2D eigenvalue weighted by atomic mass is 10.2. The average molecular weight is 183 g/mol. The van der Waals surface area contributed by atoms with Gasteiger partial charge in [0.15, 0.2) is 0 Å². The van der Waals surface area contributed by atoms with Gasteiger partial charge >= 0.3 is 5.97 Å². The molecule has 0 aliphatic carbocycles. The first kappa shape index (κ1) is 8.80. The average Bonchev–Trinajstić information content (AvgIpc) is 2.35. The van der Waals surface area contributed by atoms with Gasteiger partial charge in [0.1, 0.15) is 5.70 Å². The fourth-order valence-electron chi connectivity index (χ4n) is 0.781. The minimum atomic E-state index is -1.08. The Balaban J connectivity index is 2.87. The van der Waals surface area contributed by atoms with Gasteiger partial charge in [-0.25, -0.2) is 4.79 Å². The number of carboxylic acid groups (broad SMARTS) is 1. The van der Waals surface area contributed by atoms with E-state index in [4.69, 9.17) is 10.8 Å². The summed E-state index contributed by atoms with van der Waals surface area (Å²) in [5.74, 6) is -1.08. The third-order valence-electron chi connectivity index (χ3n) is 1.32. The highest BCUT2D eigenvalue weighted by Crippen LogP contribution is 2.14. The number of carboxylic acids is 1. The molecule has 0 spiro atoms. The fraction of sp³-hybridized carbons (Fsp3) is 0.125. The molecule has 0 atom stereocenters. The summed E-state index contributed by atoms with van der Waals surface area (Å²) in [5.41, 5.74) is 5.94. The van der Waals surface area contributed by atoms with E-state index in [-0.39, 0.29) is 5.70 Å². The lowest BCUT2D eigenvalue weighted by Crippen LogP contribution is -2.08. The van der Waals surface area contributed by atoms with Gasteiger partial charge in [0, 0.05) is 4.88 Å². The molecule has 4 heteroatoms. The van der Waals surface area contributed by atoms with Gasteiger partial charge in [0.2, 0.25) is 0 Å².